The monoisotopic (exact) mass is 256 g/mol. The summed E-state index contributed by atoms with van der Waals surface area (Å²) in [5.74, 6) is -1.77. The van der Waals surface area contributed by atoms with Crippen molar-refractivity contribution in [3.63, 3.8) is 0 Å². The fraction of sp³-hybridized carbons (Fsp3) is 0.400. The van der Waals surface area contributed by atoms with Gasteiger partial charge in [-0.25, -0.2) is 9.78 Å². The Morgan fingerprint density at radius 2 is 2.11 bits per heavy atom. The second kappa shape index (κ2) is 5.92. The molecule has 0 aliphatic carbocycles. The Morgan fingerprint density at radius 1 is 1.44 bits per heavy atom. The van der Waals surface area contributed by atoms with Crippen molar-refractivity contribution in [3.8, 4) is 0 Å². The van der Waals surface area contributed by atoms with E-state index in [4.69, 9.17) is 4.74 Å². The molecule has 0 aliphatic rings. The minimum absolute atomic E-state index is 0.00416. The van der Waals surface area contributed by atoms with Gasteiger partial charge in [0.15, 0.2) is 5.78 Å². The highest BCUT2D eigenvalue weighted by Gasteiger charge is 2.26. The number of esters is 1. The van der Waals surface area contributed by atoms with Crippen molar-refractivity contribution < 1.29 is 24.0 Å². The molecule has 18 heavy (non-hydrogen) atoms. The third-order valence-electron chi connectivity index (χ3n) is 2.22. The van der Waals surface area contributed by atoms with Crippen LogP contribution >= 0.6 is 0 Å². The number of nitro groups is 1. The van der Waals surface area contributed by atoms with Crippen LogP contribution in [-0.4, -0.2) is 42.5 Å². The smallest absolute Gasteiger partial charge is 0.378 e. The molecular formula is C10H12N2O6. The number of nitrogens with one attached hydrogen (secondary N) is 1. The zero-order valence-electron chi connectivity index (χ0n) is 9.89. The Kier molecular flexibility index (Phi) is 4.55. The van der Waals surface area contributed by atoms with E-state index in [1.807, 2.05) is 0 Å². The highest BCUT2D eigenvalue weighted by Crippen LogP contribution is 2.21. The van der Waals surface area contributed by atoms with E-state index in [1.165, 1.54) is 7.11 Å². The Morgan fingerprint density at radius 3 is 2.61 bits per heavy atom. The highest BCUT2D eigenvalue weighted by atomic mass is 16.6. The summed E-state index contributed by atoms with van der Waals surface area (Å²) in [4.78, 5) is 35.2. The molecule has 0 bridgehead atoms. The fourth-order valence-corrected chi connectivity index (χ4v) is 1.35. The van der Waals surface area contributed by atoms with Crippen molar-refractivity contribution in [1.29, 1.82) is 0 Å². The van der Waals surface area contributed by atoms with Gasteiger partial charge in [-0.2, -0.15) is 0 Å². The van der Waals surface area contributed by atoms with Crippen LogP contribution in [0.15, 0.2) is 6.07 Å². The van der Waals surface area contributed by atoms with Crippen molar-refractivity contribution in [2.45, 2.75) is 6.42 Å². The van der Waals surface area contributed by atoms with Crippen molar-refractivity contribution >= 4 is 17.6 Å². The second-order valence-corrected chi connectivity index (χ2v) is 3.36. The van der Waals surface area contributed by atoms with E-state index in [9.17, 15) is 19.7 Å². The molecule has 0 amide bonds. The summed E-state index contributed by atoms with van der Waals surface area (Å²) in [5.41, 5.74) is -0.289. The Labute approximate surface area is 102 Å². The number of H-pyrrole nitrogens is 1. The van der Waals surface area contributed by atoms with Crippen LogP contribution in [0, 0.1) is 10.1 Å². The largest absolute Gasteiger partial charge is 0.463 e. The number of nitrogens with zero attached hydrogens (tertiary/aromatic N) is 1. The average Bonchev–Trinajstić information content (AvgIpc) is 2.80. The molecule has 0 aromatic carbocycles. The molecule has 1 aromatic rings. The number of rotatable bonds is 6. The van der Waals surface area contributed by atoms with Gasteiger partial charge in [0.2, 0.25) is 5.69 Å². The number of aromatic amines is 1. The molecule has 0 radical (unpaired) electrons. The number of methoxy groups -OCH3 is 2. The summed E-state index contributed by atoms with van der Waals surface area (Å²) in [7, 11) is 2.56. The first-order chi connectivity index (χ1) is 8.51. The molecule has 1 N–H and O–H groups in total. The highest BCUT2D eigenvalue weighted by molar-refractivity contribution is 6.02. The van der Waals surface area contributed by atoms with Crippen LogP contribution in [0.2, 0.25) is 0 Å². The lowest BCUT2D eigenvalue weighted by Gasteiger charge is -1.97. The Hall–Kier alpha value is -2.22. The fourth-order valence-electron chi connectivity index (χ4n) is 1.35. The van der Waals surface area contributed by atoms with Gasteiger partial charge >= 0.3 is 11.8 Å². The SMILES string of the molecule is COCCC(=O)c1cc(C(=O)OC)[nH]c1[N+](=O)[O-]. The summed E-state index contributed by atoms with van der Waals surface area (Å²) in [6.45, 7) is 0.148. The minimum atomic E-state index is -0.774. The standard InChI is InChI=1S/C10H12N2O6/c1-17-4-3-8(13)6-5-7(10(14)18-2)11-9(6)12(15)16/h5,11H,3-4H2,1-2H3. The van der Waals surface area contributed by atoms with Crippen LogP contribution in [-0.2, 0) is 9.47 Å². The number of carbonyl (C=O) groups is 2. The lowest BCUT2D eigenvalue weighted by Crippen LogP contribution is -2.05. The molecular weight excluding hydrogens is 244 g/mol. The molecule has 0 saturated heterocycles. The summed E-state index contributed by atoms with van der Waals surface area (Å²) in [6, 6.07) is 1.11. The number of Topliss-reactive ketones (excluding diaryl/α,β-unsaturated/α-hetero) is 1. The van der Waals surface area contributed by atoms with Crippen LogP contribution in [0.4, 0.5) is 5.82 Å². The molecule has 1 rings (SSSR count). The predicted molar refractivity (Wildman–Crippen MR) is 59.6 cm³/mol. The average molecular weight is 256 g/mol. The quantitative estimate of drug-likeness (QED) is 0.350. The van der Waals surface area contributed by atoms with E-state index in [1.54, 1.807) is 0 Å². The number of hydrogen-bond acceptors (Lipinski definition) is 6. The summed E-state index contributed by atoms with van der Waals surface area (Å²) >= 11 is 0. The zero-order valence-corrected chi connectivity index (χ0v) is 9.89. The van der Waals surface area contributed by atoms with Crippen LogP contribution in [0.5, 0.6) is 0 Å². The maximum Gasteiger partial charge on any atom is 0.378 e. The number of aromatic nitrogens is 1. The van der Waals surface area contributed by atoms with E-state index >= 15 is 0 Å². The van der Waals surface area contributed by atoms with Gasteiger partial charge < -0.3 is 19.6 Å². The normalized spacial score (nSPS) is 10.1. The number of hydrogen-bond donors (Lipinski definition) is 1. The Balaban J connectivity index is 3.08. The van der Waals surface area contributed by atoms with Gasteiger partial charge in [0.05, 0.1) is 13.7 Å². The summed E-state index contributed by atoms with van der Waals surface area (Å²) in [5, 5.41) is 10.8. The number of carbonyl (C=O) groups excluding carboxylic acids is 2. The Bertz CT molecular complexity index is 479. The molecule has 1 aromatic heterocycles. The molecule has 8 heteroatoms. The van der Waals surface area contributed by atoms with E-state index in [0.717, 1.165) is 13.2 Å². The molecule has 1 heterocycles. The van der Waals surface area contributed by atoms with E-state index in [2.05, 4.69) is 9.72 Å². The topological polar surface area (TPSA) is 112 Å². The van der Waals surface area contributed by atoms with Gasteiger partial charge in [0.25, 0.3) is 0 Å². The third kappa shape index (κ3) is 2.92. The zero-order chi connectivity index (χ0) is 13.7. The molecule has 0 spiro atoms. The van der Waals surface area contributed by atoms with Crippen LogP contribution in [0.1, 0.15) is 27.3 Å². The molecule has 0 unspecified atom stereocenters. The maximum absolute atomic E-state index is 11.7. The van der Waals surface area contributed by atoms with Crippen molar-refractivity contribution in [2.24, 2.45) is 0 Å². The van der Waals surface area contributed by atoms with Gasteiger partial charge in [0, 0.05) is 19.6 Å². The first kappa shape index (κ1) is 13.8. The van der Waals surface area contributed by atoms with E-state index in [0.29, 0.717) is 0 Å². The summed E-state index contributed by atoms with van der Waals surface area (Å²) in [6.07, 6.45) is -0.00416. The van der Waals surface area contributed by atoms with Gasteiger partial charge in [-0.05, 0) is 4.92 Å². The maximum atomic E-state index is 11.7. The molecule has 0 fully saturated rings. The van der Waals surface area contributed by atoms with E-state index in [-0.39, 0.29) is 24.3 Å². The number of ketones is 1. The molecule has 8 nitrogen and oxygen atoms in total. The van der Waals surface area contributed by atoms with Gasteiger partial charge in [-0.3, -0.25) is 4.79 Å². The third-order valence-corrected chi connectivity index (χ3v) is 2.22. The van der Waals surface area contributed by atoms with Crippen molar-refractivity contribution in [1.82, 2.24) is 4.98 Å². The molecule has 0 atom stereocenters. The second-order valence-electron chi connectivity index (χ2n) is 3.36. The number of ether oxygens (including phenoxy) is 2. The molecule has 98 valence electrons. The van der Waals surface area contributed by atoms with E-state index < -0.39 is 22.5 Å². The predicted octanol–water partition coefficient (Wildman–Crippen LogP) is 0.929. The van der Waals surface area contributed by atoms with Crippen molar-refractivity contribution in [2.75, 3.05) is 20.8 Å². The van der Waals surface area contributed by atoms with Crippen LogP contribution < -0.4 is 0 Å². The molecule has 0 aliphatic heterocycles. The summed E-state index contributed by atoms with van der Waals surface area (Å²) < 4.78 is 9.13. The minimum Gasteiger partial charge on any atom is -0.463 e. The van der Waals surface area contributed by atoms with Gasteiger partial charge in [0.1, 0.15) is 5.56 Å². The van der Waals surface area contributed by atoms with Gasteiger partial charge in [-0.15, -0.1) is 0 Å². The van der Waals surface area contributed by atoms with Gasteiger partial charge in [-0.1, -0.05) is 0 Å². The molecule has 0 saturated carbocycles. The van der Waals surface area contributed by atoms with Crippen molar-refractivity contribution in [3.05, 3.63) is 27.4 Å². The lowest BCUT2D eigenvalue weighted by molar-refractivity contribution is -0.389. The lowest BCUT2D eigenvalue weighted by atomic mass is 10.1. The first-order valence-corrected chi connectivity index (χ1v) is 4.99. The van der Waals surface area contributed by atoms with Crippen LogP contribution in [0.25, 0.3) is 0 Å². The first-order valence-electron chi connectivity index (χ1n) is 4.99. The van der Waals surface area contributed by atoms with Crippen LogP contribution in [0.3, 0.4) is 0 Å².